The van der Waals surface area contributed by atoms with E-state index in [1.165, 1.54) is 0 Å². The molecule has 0 spiro atoms. The summed E-state index contributed by atoms with van der Waals surface area (Å²) in [6.45, 7) is 0. The van der Waals surface area contributed by atoms with Crippen LogP contribution in [0.25, 0.3) is 17.2 Å². The number of carbonyl (C=O) groups is 1. The van der Waals surface area contributed by atoms with Gasteiger partial charge in [0.05, 0.1) is 6.42 Å². The molecule has 0 atom stereocenters. The first-order valence-corrected chi connectivity index (χ1v) is 6.75. The second-order valence-electron chi connectivity index (χ2n) is 4.25. The van der Waals surface area contributed by atoms with E-state index in [0.29, 0.717) is 10.0 Å². The summed E-state index contributed by atoms with van der Waals surface area (Å²) < 4.78 is 0. The summed E-state index contributed by atoms with van der Waals surface area (Å²) in [6, 6.07) is 13.1. The summed E-state index contributed by atoms with van der Waals surface area (Å²) in [7, 11) is 0. The molecule has 0 amide bonds. The number of benzene rings is 2. The van der Waals surface area contributed by atoms with Gasteiger partial charge in [-0.15, -0.1) is 0 Å². The van der Waals surface area contributed by atoms with E-state index in [2.05, 4.69) is 0 Å². The van der Waals surface area contributed by atoms with Crippen molar-refractivity contribution in [2.75, 3.05) is 0 Å². The summed E-state index contributed by atoms with van der Waals surface area (Å²) in [5, 5.41) is 9.77. The third-order valence-electron chi connectivity index (χ3n) is 2.76. The molecule has 4 heteroatoms. The van der Waals surface area contributed by atoms with Crippen LogP contribution in [0.1, 0.15) is 12.0 Å². The summed E-state index contributed by atoms with van der Waals surface area (Å²) in [5.41, 5.74) is 2.85. The minimum atomic E-state index is -0.842. The van der Waals surface area contributed by atoms with Crippen molar-refractivity contribution < 1.29 is 9.90 Å². The first kappa shape index (κ1) is 14.6. The molecule has 0 saturated heterocycles. The van der Waals surface area contributed by atoms with E-state index in [4.69, 9.17) is 28.3 Å². The molecule has 2 rings (SSSR count). The Morgan fingerprint density at radius 2 is 1.80 bits per heavy atom. The van der Waals surface area contributed by atoms with Gasteiger partial charge in [-0.25, -0.2) is 0 Å². The Morgan fingerprint density at radius 3 is 2.40 bits per heavy atom. The normalized spacial score (nSPS) is 10.9. The van der Waals surface area contributed by atoms with Crippen LogP contribution in [0.4, 0.5) is 0 Å². The molecule has 1 N–H and O–H groups in total. The highest BCUT2D eigenvalue weighted by atomic mass is 35.5. The highest BCUT2D eigenvalue weighted by Crippen LogP contribution is 2.30. The Kier molecular flexibility index (Phi) is 4.83. The lowest BCUT2D eigenvalue weighted by Crippen LogP contribution is -1.89. The number of rotatable bonds is 4. The van der Waals surface area contributed by atoms with Gasteiger partial charge in [0, 0.05) is 15.6 Å². The van der Waals surface area contributed by atoms with Crippen molar-refractivity contribution in [1.82, 2.24) is 0 Å². The Hall–Kier alpha value is -1.77. The van der Waals surface area contributed by atoms with Crippen molar-refractivity contribution >= 4 is 35.2 Å². The second kappa shape index (κ2) is 6.60. The molecule has 2 aromatic rings. The summed E-state index contributed by atoms with van der Waals surface area (Å²) in [5.74, 6) is -0.842. The average molecular weight is 307 g/mol. The monoisotopic (exact) mass is 306 g/mol. The van der Waals surface area contributed by atoms with E-state index in [1.807, 2.05) is 30.3 Å². The van der Waals surface area contributed by atoms with Crippen LogP contribution in [0.15, 0.2) is 48.5 Å². The van der Waals surface area contributed by atoms with Crippen LogP contribution >= 0.6 is 23.2 Å². The van der Waals surface area contributed by atoms with Gasteiger partial charge in [0.15, 0.2) is 0 Å². The van der Waals surface area contributed by atoms with Crippen molar-refractivity contribution in [2.24, 2.45) is 0 Å². The minimum Gasteiger partial charge on any atom is -0.481 e. The van der Waals surface area contributed by atoms with E-state index in [9.17, 15) is 4.79 Å². The van der Waals surface area contributed by atoms with Crippen LogP contribution in [0, 0.1) is 0 Å². The van der Waals surface area contributed by atoms with E-state index in [-0.39, 0.29) is 6.42 Å². The fourth-order valence-corrected chi connectivity index (χ4v) is 2.31. The van der Waals surface area contributed by atoms with Crippen LogP contribution in [0.5, 0.6) is 0 Å². The van der Waals surface area contributed by atoms with Crippen molar-refractivity contribution in [3.63, 3.8) is 0 Å². The topological polar surface area (TPSA) is 37.3 Å². The smallest absolute Gasteiger partial charge is 0.307 e. The molecular weight excluding hydrogens is 295 g/mol. The number of carboxylic acid groups (broad SMARTS) is 1. The van der Waals surface area contributed by atoms with Crippen molar-refractivity contribution in [3.8, 4) is 11.1 Å². The molecule has 0 fully saturated rings. The van der Waals surface area contributed by atoms with Crippen LogP contribution in [0.3, 0.4) is 0 Å². The molecule has 0 heterocycles. The zero-order valence-electron chi connectivity index (χ0n) is 10.5. The van der Waals surface area contributed by atoms with E-state index in [0.717, 1.165) is 16.7 Å². The molecule has 20 heavy (non-hydrogen) atoms. The molecular formula is C16H12Cl2O2. The second-order valence-corrected chi connectivity index (χ2v) is 5.09. The first-order valence-electron chi connectivity index (χ1n) is 6.00. The zero-order chi connectivity index (χ0) is 14.5. The lowest BCUT2D eigenvalue weighted by Gasteiger charge is -2.05. The molecule has 2 aromatic carbocycles. The maximum Gasteiger partial charge on any atom is 0.307 e. The van der Waals surface area contributed by atoms with Crippen LogP contribution in [-0.2, 0) is 4.79 Å². The fraction of sp³-hybridized carbons (Fsp3) is 0.0625. The predicted octanol–water partition coefficient (Wildman–Crippen LogP) is 5.15. The Morgan fingerprint density at radius 1 is 1.10 bits per heavy atom. The highest BCUT2D eigenvalue weighted by molar-refractivity contribution is 6.36. The summed E-state index contributed by atoms with van der Waals surface area (Å²) >= 11 is 12.0. The Balaban J connectivity index is 2.19. The highest BCUT2D eigenvalue weighted by Gasteiger charge is 2.03. The molecule has 0 aliphatic heterocycles. The average Bonchev–Trinajstić information content (AvgIpc) is 2.39. The number of halogens is 2. The van der Waals surface area contributed by atoms with Gasteiger partial charge in [-0.05, 0) is 23.3 Å². The van der Waals surface area contributed by atoms with E-state index in [1.54, 1.807) is 24.3 Å². The van der Waals surface area contributed by atoms with Gasteiger partial charge in [0.2, 0.25) is 0 Å². The van der Waals surface area contributed by atoms with Gasteiger partial charge in [-0.2, -0.15) is 0 Å². The van der Waals surface area contributed by atoms with Gasteiger partial charge in [0.1, 0.15) is 0 Å². The molecule has 0 aliphatic carbocycles. The van der Waals surface area contributed by atoms with Gasteiger partial charge >= 0.3 is 5.97 Å². The third-order valence-corrected chi connectivity index (χ3v) is 3.30. The summed E-state index contributed by atoms with van der Waals surface area (Å²) in [4.78, 5) is 10.4. The van der Waals surface area contributed by atoms with Crippen molar-refractivity contribution in [3.05, 3.63) is 64.1 Å². The number of hydrogen-bond donors (Lipinski definition) is 1. The largest absolute Gasteiger partial charge is 0.481 e. The fourth-order valence-electron chi connectivity index (χ4n) is 1.79. The number of hydrogen-bond acceptors (Lipinski definition) is 1. The van der Waals surface area contributed by atoms with Crippen molar-refractivity contribution in [1.29, 1.82) is 0 Å². The van der Waals surface area contributed by atoms with Gasteiger partial charge in [-0.3, -0.25) is 4.79 Å². The van der Waals surface area contributed by atoms with Crippen LogP contribution < -0.4 is 0 Å². The molecule has 2 nitrogen and oxygen atoms in total. The molecule has 0 radical (unpaired) electrons. The summed E-state index contributed by atoms with van der Waals surface area (Å²) in [6.07, 6.45) is 3.42. The molecule has 102 valence electrons. The lowest BCUT2D eigenvalue weighted by molar-refractivity contribution is -0.135. The van der Waals surface area contributed by atoms with E-state index >= 15 is 0 Å². The number of carboxylic acids is 1. The predicted molar refractivity (Wildman–Crippen MR) is 83.2 cm³/mol. The Labute approximate surface area is 127 Å². The van der Waals surface area contributed by atoms with Crippen LogP contribution in [-0.4, -0.2) is 11.1 Å². The van der Waals surface area contributed by atoms with Crippen LogP contribution in [0.2, 0.25) is 10.0 Å². The SMILES string of the molecule is O=C(O)C/C=C/c1ccc(-c2ccc(Cl)cc2Cl)cc1. The number of aliphatic carboxylic acids is 1. The quantitative estimate of drug-likeness (QED) is 0.848. The van der Waals surface area contributed by atoms with E-state index < -0.39 is 5.97 Å². The minimum absolute atomic E-state index is 0.0186. The van der Waals surface area contributed by atoms with Gasteiger partial charge < -0.3 is 5.11 Å². The standard InChI is InChI=1S/C16H12Cl2O2/c17-13-8-9-14(15(18)10-13)12-6-4-11(5-7-12)2-1-3-16(19)20/h1-2,4-10H,3H2,(H,19,20)/b2-1+. The Bertz CT molecular complexity index is 646. The maximum atomic E-state index is 10.4. The van der Waals surface area contributed by atoms with Gasteiger partial charge in [0.25, 0.3) is 0 Å². The molecule has 0 unspecified atom stereocenters. The van der Waals surface area contributed by atoms with Gasteiger partial charge in [-0.1, -0.05) is 65.7 Å². The molecule has 0 aromatic heterocycles. The first-order chi connectivity index (χ1) is 9.56. The molecule has 0 saturated carbocycles. The lowest BCUT2D eigenvalue weighted by atomic mass is 10.0. The van der Waals surface area contributed by atoms with Crippen molar-refractivity contribution in [2.45, 2.75) is 6.42 Å². The third kappa shape index (κ3) is 3.86. The molecule has 0 bridgehead atoms. The zero-order valence-corrected chi connectivity index (χ0v) is 12.0. The molecule has 0 aliphatic rings. The maximum absolute atomic E-state index is 10.4.